The van der Waals surface area contributed by atoms with E-state index in [0.717, 1.165) is 16.6 Å². The third-order valence-corrected chi connectivity index (χ3v) is 2.83. The molecule has 0 aliphatic heterocycles. The summed E-state index contributed by atoms with van der Waals surface area (Å²) >= 11 is 0. The van der Waals surface area contributed by atoms with Gasteiger partial charge in [-0.05, 0) is 24.6 Å². The molecule has 0 radical (unpaired) electrons. The Balaban J connectivity index is 2.56. The van der Waals surface area contributed by atoms with Crippen LogP contribution in [-0.2, 0) is 16.0 Å². The third-order valence-electron chi connectivity index (χ3n) is 2.83. The highest BCUT2D eigenvalue weighted by atomic mass is 16.7. The summed E-state index contributed by atoms with van der Waals surface area (Å²) < 4.78 is 11.9. The average Bonchev–Trinajstić information content (AvgIpc) is 2.38. The van der Waals surface area contributed by atoms with Gasteiger partial charge in [-0.15, -0.1) is 0 Å². The maximum absolute atomic E-state index is 11.9. The Labute approximate surface area is 105 Å². The van der Waals surface area contributed by atoms with Gasteiger partial charge in [0, 0.05) is 26.5 Å². The Morgan fingerprint density at radius 3 is 2.72 bits per heavy atom. The van der Waals surface area contributed by atoms with Crippen LogP contribution in [0.4, 0.5) is 0 Å². The van der Waals surface area contributed by atoms with E-state index in [-0.39, 0.29) is 5.56 Å². The lowest BCUT2D eigenvalue weighted by atomic mass is 10.2. The number of aryl methyl sites for hydroxylation is 1. The summed E-state index contributed by atoms with van der Waals surface area (Å²) in [4.78, 5) is 16.2. The van der Waals surface area contributed by atoms with Crippen molar-refractivity contribution in [1.82, 2.24) is 9.55 Å². The molecule has 5 heteroatoms. The van der Waals surface area contributed by atoms with Crippen molar-refractivity contribution in [2.24, 2.45) is 0 Å². The van der Waals surface area contributed by atoms with Crippen molar-refractivity contribution in [3.63, 3.8) is 0 Å². The molecule has 5 nitrogen and oxygen atoms in total. The smallest absolute Gasteiger partial charge is 0.251 e. The highest BCUT2D eigenvalue weighted by Crippen LogP contribution is 2.11. The summed E-state index contributed by atoms with van der Waals surface area (Å²) in [7, 11) is 3.10. The van der Waals surface area contributed by atoms with E-state index in [9.17, 15) is 4.79 Å². The minimum absolute atomic E-state index is 0.0889. The van der Waals surface area contributed by atoms with Gasteiger partial charge in [-0.3, -0.25) is 9.78 Å². The number of pyridine rings is 2. The van der Waals surface area contributed by atoms with E-state index >= 15 is 0 Å². The maximum Gasteiger partial charge on any atom is 0.251 e. The van der Waals surface area contributed by atoms with Crippen molar-refractivity contribution in [1.29, 1.82) is 0 Å². The van der Waals surface area contributed by atoms with Gasteiger partial charge < -0.3 is 14.0 Å². The third kappa shape index (κ3) is 2.42. The molecule has 0 spiro atoms. The molecule has 0 saturated carbocycles. The molecule has 0 aliphatic rings. The fourth-order valence-electron chi connectivity index (χ4n) is 1.85. The molecular formula is C13H16N2O3. The maximum atomic E-state index is 11.9. The summed E-state index contributed by atoms with van der Waals surface area (Å²) in [5.74, 6) is 0. The summed E-state index contributed by atoms with van der Waals surface area (Å²) in [5, 5.41) is 0. The van der Waals surface area contributed by atoms with Crippen LogP contribution in [-0.4, -0.2) is 30.1 Å². The number of nitrogens with zero attached hydrogens (tertiary/aromatic N) is 2. The van der Waals surface area contributed by atoms with Gasteiger partial charge in [0.1, 0.15) is 0 Å². The fourth-order valence-corrected chi connectivity index (χ4v) is 1.85. The van der Waals surface area contributed by atoms with Crippen LogP contribution in [0.25, 0.3) is 11.0 Å². The molecular weight excluding hydrogens is 232 g/mol. The lowest BCUT2D eigenvalue weighted by Crippen LogP contribution is -2.28. The lowest BCUT2D eigenvalue weighted by Gasteiger charge is -2.16. The largest absolute Gasteiger partial charge is 0.354 e. The van der Waals surface area contributed by atoms with Crippen LogP contribution >= 0.6 is 0 Å². The zero-order chi connectivity index (χ0) is 13.1. The Morgan fingerprint density at radius 1 is 1.33 bits per heavy atom. The van der Waals surface area contributed by atoms with E-state index in [4.69, 9.17) is 9.47 Å². The molecule has 0 unspecified atom stereocenters. The monoisotopic (exact) mass is 248 g/mol. The van der Waals surface area contributed by atoms with Crippen LogP contribution in [0.5, 0.6) is 0 Å². The van der Waals surface area contributed by atoms with Crippen LogP contribution in [0.1, 0.15) is 5.56 Å². The van der Waals surface area contributed by atoms with Crippen molar-refractivity contribution < 1.29 is 9.47 Å². The van der Waals surface area contributed by atoms with Gasteiger partial charge in [0.05, 0.1) is 17.6 Å². The van der Waals surface area contributed by atoms with Gasteiger partial charge >= 0.3 is 0 Å². The summed E-state index contributed by atoms with van der Waals surface area (Å²) in [6.07, 6.45) is 1.33. The second kappa shape index (κ2) is 5.29. The molecule has 0 aromatic carbocycles. The SMILES string of the molecule is COC(Cn1c(=O)ccc2ncc(C)cc21)OC. The van der Waals surface area contributed by atoms with E-state index in [1.807, 2.05) is 13.0 Å². The molecule has 0 fully saturated rings. The van der Waals surface area contributed by atoms with Crippen molar-refractivity contribution >= 4 is 11.0 Å². The first-order chi connectivity index (χ1) is 8.65. The Bertz CT molecular complexity index is 603. The summed E-state index contributed by atoms with van der Waals surface area (Å²) in [6.45, 7) is 2.28. The number of hydrogen-bond donors (Lipinski definition) is 0. The van der Waals surface area contributed by atoms with E-state index in [1.54, 1.807) is 31.0 Å². The van der Waals surface area contributed by atoms with Crippen LogP contribution in [0.3, 0.4) is 0 Å². The van der Waals surface area contributed by atoms with Crippen molar-refractivity contribution in [2.45, 2.75) is 19.8 Å². The predicted molar refractivity (Wildman–Crippen MR) is 68.5 cm³/mol. The highest BCUT2D eigenvalue weighted by molar-refractivity contribution is 5.74. The van der Waals surface area contributed by atoms with Crippen LogP contribution in [0.2, 0.25) is 0 Å². The van der Waals surface area contributed by atoms with Crippen molar-refractivity contribution in [2.75, 3.05) is 14.2 Å². The summed E-state index contributed by atoms with van der Waals surface area (Å²) in [6, 6.07) is 5.17. The quantitative estimate of drug-likeness (QED) is 0.766. The zero-order valence-electron chi connectivity index (χ0n) is 10.7. The van der Waals surface area contributed by atoms with E-state index in [2.05, 4.69) is 4.98 Å². The van der Waals surface area contributed by atoms with Crippen LogP contribution < -0.4 is 5.56 Å². The van der Waals surface area contributed by atoms with Crippen molar-refractivity contribution in [3.05, 3.63) is 40.3 Å². The van der Waals surface area contributed by atoms with Crippen molar-refractivity contribution in [3.8, 4) is 0 Å². The lowest BCUT2D eigenvalue weighted by molar-refractivity contribution is -0.110. The molecule has 2 heterocycles. The van der Waals surface area contributed by atoms with Gasteiger partial charge in [0.15, 0.2) is 6.29 Å². The number of fused-ring (bicyclic) bond motifs is 1. The minimum Gasteiger partial charge on any atom is -0.354 e. The average molecular weight is 248 g/mol. The Kier molecular flexibility index (Phi) is 3.74. The number of ether oxygens (including phenoxy) is 2. The second-order valence-electron chi connectivity index (χ2n) is 4.10. The predicted octanol–water partition coefficient (Wildman–Crippen LogP) is 1.32. The summed E-state index contributed by atoms with van der Waals surface area (Å²) in [5.41, 5.74) is 2.50. The first-order valence-corrected chi connectivity index (χ1v) is 5.67. The van der Waals surface area contributed by atoms with E-state index in [1.165, 1.54) is 6.07 Å². The zero-order valence-corrected chi connectivity index (χ0v) is 10.7. The number of hydrogen-bond acceptors (Lipinski definition) is 4. The minimum atomic E-state index is -0.450. The molecule has 2 aromatic heterocycles. The number of aromatic nitrogens is 2. The first kappa shape index (κ1) is 12.7. The topological polar surface area (TPSA) is 53.4 Å². The van der Waals surface area contributed by atoms with Gasteiger partial charge in [0.25, 0.3) is 5.56 Å². The molecule has 0 saturated heterocycles. The van der Waals surface area contributed by atoms with Gasteiger partial charge in [-0.25, -0.2) is 0 Å². The molecule has 0 aliphatic carbocycles. The van der Waals surface area contributed by atoms with E-state index < -0.39 is 6.29 Å². The molecule has 2 rings (SSSR count). The Morgan fingerprint density at radius 2 is 2.06 bits per heavy atom. The molecule has 0 amide bonds. The molecule has 0 atom stereocenters. The van der Waals surface area contributed by atoms with Gasteiger partial charge in [-0.2, -0.15) is 0 Å². The fraction of sp³-hybridized carbons (Fsp3) is 0.385. The van der Waals surface area contributed by atoms with E-state index in [0.29, 0.717) is 6.54 Å². The normalized spacial score (nSPS) is 11.3. The Hall–Kier alpha value is -1.72. The second-order valence-corrected chi connectivity index (χ2v) is 4.10. The highest BCUT2D eigenvalue weighted by Gasteiger charge is 2.10. The van der Waals surface area contributed by atoms with Crippen LogP contribution in [0.15, 0.2) is 29.2 Å². The number of methoxy groups -OCH3 is 2. The molecule has 18 heavy (non-hydrogen) atoms. The van der Waals surface area contributed by atoms with Crippen LogP contribution in [0, 0.1) is 6.92 Å². The molecule has 96 valence electrons. The molecule has 2 aromatic rings. The first-order valence-electron chi connectivity index (χ1n) is 5.67. The van der Waals surface area contributed by atoms with Gasteiger partial charge in [-0.1, -0.05) is 0 Å². The number of rotatable bonds is 4. The molecule has 0 N–H and O–H groups in total. The standard InChI is InChI=1S/C13H16N2O3/c1-9-6-11-10(14-7-9)4-5-12(16)15(11)8-13(17-2)18-3/h4-7,13H,8H2,1-3H3. The van der Waals surface area contributed by atoms with Gasteiger partial charge in [0.2, 0.25) is 0 Å². The molecule has 0 bridgehead atoms.